The first-order chi connectivity index (χ1) is 9.69. The number of benzene rings is 2. The summed E-state index contributed by atoms with van der Waals surface area (Å²) in [6.07, 6.45) is 1.89. The van der Waals surface area contributed by atoms with Gasteiger partial charge in [-0.1, -0.05) is 74.0 Å². The average Bonchev–Trinajstić information content (AvgIpc) is 2.48. The summed E-state index contributed by atoms with van der Waals surface area (Å²) in [5.41, 5.74) is 1.72. The second kappa shape index (κ2) is 6.38. The molecule has 0 aliphatic heterocycles. The van der Waals surface area contributed by atoms with Crippen LogP contribution in [0.4, 0.5) is 0 Å². The monoisotopic (exact) mass is 268 g/mol. The van der Waals surface area contributed by atoms with E-state index in [4.69, 9.17) is 0 Å². The van der Waals surface area contributed by atoms with E-state index in [2.05, 4.69) is 6.92 Å². The molecule has 0 radical (unpaired) electrons. The van der Waals surface area contributed by atoms with Crippen molar-refractivity contribution in [1.29, 1.82) is 0 Å². The van der Waals surface area contributed by atoms with Crippen molar-refractivity contribution in [1.82, 2.24) is 0 Å². The second-order valence-electron chi connectivity index (χ2n) is 5.13. The molecule has 2 nitrogen and oxygen atoms in total. The van der Waals surface area contributed by atoms with Gasteiger partial charge in [-0.05, 0) is 17.5 Å². The predicted molar refractivity (Wildman–Crippen MR) is 80.8 cm³/mol. The van der Waals surface area contributed by atoms with Gasteiger partial charge in [0, 0.05) is 5.41 Å². The van der Waals surface area contributed by atoms with Gasteiger partial charge in [-0.25, -0.2) is 0 Å². The zero-order valence-electron chi connectivity index (χ0n) is 11.8. The minimum Gasteiger partial charge on any atom is -0.481 e. The van der Waals surface area contributed by atoms with E-state index in [1.807, 2.05) is 60.7 Å². The third-order valence-electron chi connectivity index (χ3n) is 3.78. The smallest absolute Gasteiger partial charge is 0.304 e. The van der Waals surface area contributed by atoms with E-state index < -0.39 is 11.4 Å². The molecule has 0 saturated heterocycles. The van der Waals surface area contributed by atoms with Crippen LogP contribution < -0.4 is 0 Å². The summed E-state index contributed by atoms with van der Waals surface area (Å²) in [6.45, 7) is 2.10. The molecule has 104 valence electrons. The highest BCUT2D eigenvalue weighted by atomic mass is 16.4. The normalized spacial score (nSPS) is 11.2. The Labute approximate surface area is 120 Å². The van der Waals surface area contributed by atoms with Crippen LogP contribution >= 0.6 is 0 Å². The molecule has 2 aromatic carbocycles. The van der Waals surface area contributed by atoms with Crippen LogP contribution in [0.15, 0.2) is 60.7 Å². The molecule has 0 atom stereocenters. The van der Waals surface area contributed by atoms with Crippen LogP contribution in [-0.4, -0.2) is 11.1 Å². The van der Waals surface area contributed by atoms with Crippen molar-refractivity contribution >= 4 is 5.97 Å². The molecular weight excluding hydrogens is 248 g/mol. The molecule has 0 unspecified atom stereocenters. The lowest BCUT2D eigenvalue weighted by atomic mass is 9.69. The number of carbonyl (C=O) groups is 1. The summed E-state index contributed by atoms with van der Waals surface area (Å²) in [5, 5.41) is 9.40. The Morgan fingerprint density at radius 1 is 0.950 bits per heavy atom. The second-order valence-corrected chi connectivity index (χ2v) is 5.13. The number of carboxylic acid groups (broad SMARTS) is 1. The van der Waals surface area contributed by atoms with Crippen molar-refractivity contribution < 1.29 is 9.90 Å². The largest absolute Gasteiger partial charge is 0.481 e. The predicted octanol–water partition coefficient (Wildman–Crippen LogP) is 4.25. The minimum atomic E-state index is -0.758. The molecule has 0 amide bonds. The molecule has 1 N–H and O–H groups in total. The molecule has 0 aliphatic rings. The molecule has 0 saturated carbocycles. The van der Waals surface area contributed by atoms with Gasteiger partial charge in [-0.15, -0.1) is 0 Å². The fourth-order valence-corrected chi connectivity index (χ4v) is 2.95. The standard InChI is InChI=1S/C18H20O2/c1-2-13-18(14-17(19)20,15-9-5-3-6-10-15)16-11-7-4-8-12-16/h3-12H,2,13-14H2,1H3,(H,19,20). The zero-order chi connectivity index (χ0) is 14.4. The van der Waals surface area contributed by atoms with Gasteiger partial charge in [0.25, 0.3) is 0 Å². The molecule has 0 fully saturated rings. The van der Waals surface area contributed by atoms with Crippen molar-refractivity contribution in [3.63, 3.8) is 0 Å². The average molecular weight is 268 g/mol. The molecule has 0 spiro atoms. The fourth-order valence-electron chi connectivity index (χ4n) is 2.95. The van der Waals surface area contributed by atoms with Crippen LogP contribution in [0.25, 0.3) is 0 Å². The Balaban J connectivity index is 2.59. The maximum atomic E-state index is 11.4. The summed E-state index contributed by atoms with van der Waals surface area (Å²) in [5.74, 6) is -0.758. The Bertz CT molecular complexity index is 507. The first kappa shape index (κ1) is 14.3. The molecule has 2 aromatic rings. The van der Waals surface area contributed by atoms with E-state index in [-0.39, 0.29) is 6.42 Å². The third kappa shape index (κ3) is 2.90. The van der Waals surface area contributed by atoms with E-state index in [0.717, 1.165) is 24.0 Å². The van der Waals surface area contributed by atoms with Crippen molar-refractivity contribution in [3.05, 3.63) is 71.8 Å². The van der Waals surface area contributed by atoms with E-state index in [0.29, 0.717) is 0 Å². The van der Waals surface area contributed by atoms with Gasteiger partial charge < -0.3 is 5.11 Å². The third-order valence-corrected chi connectivity index (χ3v) is 3.78. The first-order valence-corrected chi connectivity index (χ1v) is 7.02. The van der Waals surface area contributed by atoms with Gasteiger partial charge in [0.1, 0.15) is 0 Å². The number of hydrogen-bond donors (Lipinski definition) is 1. The minimum absolute atomic E-state index is 0.120. The first-order valence-electron chi connectivity index (χ1n) is 7.02. The highest BCUT2D eigenvalue weighted by Crippen LogP contribution is 2.39. The lowest BCUT2D eigenvalue weighted by Crippen LogP contribution is -2.30. The van der Waals surface area contributed by atoms with Crippen LogP contribution in [-0.2, 0) is 10.2 Å². The lowest BCUT2D eigenvalue weighted by Gasteiger charge is -2.33. The van der Waals surface area contributed by atoms with E-state index in [1.54, 1.807) is 0 Å². The summed E-state index contributed by atoms with van der Waals surface area (Å²) >= 11 is 0. The number of carboxylic acids is 1. The SMILES string of the molecule is CCCC(CC(=O)O)(c1ccccc1)c1ccccc1. The zero-order valence-corrected chi connectivity index (χ0v) is 11.8. The van der Waals surface area contributed by atoms with Crippen LogP contribution in [0, 0.1) is 0 Å². The van der Waals surface area contributed by atoms with E-state index in [1.165, 1.54) is 0 Å². The van der Waals surface area contributed by atoms with Gasteiger partial charge in [-0.3, -0.25) is 4.79 Å². The Morgan fingerprint density at radius 3 is 1.75 bits per heavy atom. The molecule has 2 rings (SSSR count). The van der Waals surface area contributed by atoms with Crippen molar-refractivity contribution in [3.8, 4) is 0 Å². The summed E-state index contributed by atoms with van der Waals surface area (Å²) in [7, 11) is 0. The highest BCUT2D eigenvalue weighted by Gasteiger charge is 2.35. The lowest BCUT2D eigenvalue weighted by molar-refractivity contribution is -0.138. The number of hydrogen-bond acceptors (Lipinski definition) is 1. The maximum absolute atomic E-state index is 11.4. The van der Waals surface area contributed by atoms with Gasteiger partial charge in [-0.2, -0.15) is 0 Å². The van der Waals surface area contributed by atoms with Crippen molar-refractivity contribution in [2.24, 2.45) is 0 Å². The van der Waals surface area contributed by atoms with Gasteiger partial charge >= 0.3 is 5.97 Å². The van der Waals surface area contributed by atoms with Crippen LogP contribution in [0.2, 0.25) is 0 Å². The molecular formula is C18H20O2. The number of rotatable bonds is 6. The van der Waals surface area contributed by atoms with Crippen LogP contribution in [0.3, 0.4) is 0 Å². The quantitative estimate of drug-likeness (QED) is 0.850. The maximum Gasteiger partial charge on any atom is 0.304 e. The van der Waals surface area contributed by atoms with Gasteiger partial charge in [0.15, 0.2) is 0 Å². The molecule has 20 heavy (non-hydrogen) atoms. The van der Waals surface area contributed by atoms with E-state index >= 15 is 0 Å². The fraction of sp³-hybridized carbons (Fsp3) is 0.278. The van der Waals surface area contributed by atoms with Crippen molar-refractivity contribution in [2.45, 2.75) is 31.6 Å². The highest BCUT2D eigenvalue weighted by molar-refractivity contribution is 5.70. The Kier molecular flexibility index (Phi) is 4.57. The molecule has 0 heterocycles. The van der Waals surface area contributed by atoms with Crippen molar-refractivity contribution in [2.75, 3.05) is 0 Å². The Hall–Kier alpha value is -2.09. The summed E-state index contributed by atoms with van der Waals surface area (Å²) < 4.78 is 0. The topological polar surface area (TPSA) is 37.3 Å². The molecule has 0 bridgehead atoms. The molecule has 2 heteroatoms. The summed E-state index contributed by atoms with van der Waals surface area (Å²) in [4.78, 5) is 11.4. The Morgan fingerprint density at radius 2 is 1.40 bits per heavy atom. The van der Waals surface area contributed by atoms with Crippen LogP contribution in [0.5, 0.6) is 0 Å². The molecule has 0 aliphatic carbocycles. The molecule has 0 aromatic heterocycles. The number of aliphatic carboxylic acids is 1. The van der Waals surface area contributed by atoms with E-state index in [9.17, 15) is 9.90 Å². The van der Waals surface area contributed by atoms with Gasteiger partial charge in [0.05, 0.1) is 6.42 Å². The summed E-state index contributed by atoms with van der Waals surface area (Å²) in [6, 6.07) is 20.0. The van der Waals surface area contributed by atoms with Crippen LogP contribution in [0.1, 0.15) is 37.3 Å². The van der Waals surface area contributed by atoms with Gasteiger partial charge in [0.2, 0.25) is 0 Å².